The Bertz CT molecular complexity index is 492. The third-order valence-electron chi connectivity index (χ3n) is 3.32. The number of hydrogen-bond donors (Lipinski definition) is 1. The SMILES string of the molecule is CC(C)(C)OC(=O)N1CCN(Cc2occc2OBO)CC1. The molecule has 0 radical (unpaired) electrons. The van der Waals surface area contributed by atoms with Crippen LogP contribution in [0, 0.1) is 0 Å². The van der Waals surface area contributed by atoms with E-state index in [1.807, 2.05) is 20.8 Å². The quantitative estimate of drug-likeness (QED) is 0.835. The fourth-order valence-corrected chi connectivity index (χ4v) is 2.26. The van der Waals surface area contributed by atoms with E-state index in [4.69, 9.17) is 18.8 Å². The van der Waals surface area contributed by atoms with Crippen LogP contribution in [0.2, 0.25) is 0 Å². The van der Waals surface area contributed by atoms with E-state index in [2.05, 4.69) is 4.90 Å². The van der Waals surface area contributed by atoms with Gasteiger partial charge in [-0.3, -0.25) is 4.90 Å². The van der Waals surface area contributed by atoms with Gasteiger partial charge >= 0.3 is 13.8 Å². The van der Waals surface area contributed by atoms with Gasteiger partial charge in [0.2, 0.25) is 0 Å². The van der Waals surface area contributed by atoms with Crippen LogP contribution in [0.3, 0.4) is 0 Å². The molecule has 0 aliphatic carbocycles. The van der Waals surface area contributed by atoms with Gasteiger partial charge in [0.15, 0.2) is 5.76 Å². The number of carbonyl (C=O) groups is 1. The number of rotatable bonds is 4. The van der Waals surface area contributed by atoms with E-state index < -0.39 is 5.60 Å². The minimum absolute atomic E-state index is 0.269. The number of amides is 1. The number of nitrogens with zero attached hydrogens (tertiary/aromatic N) is 2. The minimum Gasteiger partial charge on any atom is -0.536 e. The van der Waals surface area contributed by atoms with Crippen LogP contribution in [-0.4, -0.2) is 60.4 Å². The Morgan fingerprint density at radius 1 is 1.36 bits per heavy atom. The van der Waals surface area contributed by atoms with E-state index in [1.54, 1.807) is 11.0 Å². The average molecular weight is 310 g/mol. The predicted octanol–water partition coefficient (Wildman–Crippen LogP) is 0.970. The molecule has 8 heteroatoms. The molecule has 2 heterocycles. The average Bonchev–Trinajstić information content (AvgIpc) is 2.85. The number of carbonyl (C=O) groups excluding carboxylic acids is 1. The van der Waals surface area contributed by atoms with E-state index >= 15 is 0 Å². The van der Waals surface area contributed by atoms with Crippen molar-refractivity contribution in [3.8, 4) is 5.75 Å². The molecule has 1 aliphatic rings. The highest BCUT2D eigenvalue weighted by Gasteiger charge is 2.26. The van der Waals surface area contributed by atoms with Crippen LogP contribution in [0.4, 0.5) is 4.79 Å². The molecule has 1 N–H and O–H groups in total. The summed E-state index contributed by atoms with van der Waals surface area (Å²) in [5.74, 6) is 1.23. The molecule has 1 fully saturated rings. The van der Waals surface area contributed by atoms with Gasteiger partial charge in [-0.25, -0.2) is 4.79 Å². The lowest BCUT2D eigenvalue weighted by molar-refractivity contribution is 0.0134. The number of hydrogen-bond acceptors (Lipinski definition) is 6. The molecule has 1 saturated heterocycles. The first-order valence-corrected chi connectivity index (χ1v) is 7.39. The van der Waals surface area contributed by atoms with Crippen LogP contribution >= 0.6 is 0 Å². The van der Waals surface area contributed by atoms with Gasteiger partial charge in [0.05, 0.1) is 12.8 Å². The lowest BCUT2D eigenvalue weighted by Crippen LogP contribution is -2.49. The van der Waals surface area contributed by atoms with Crippen LogP contribution < -0.4 is 4.65 Å². The molecule has 0 bridgehead atoms. The minimum atomic E-state index is -0.473. The van der Waals surface area contributed by atoms with Crippen molar-refractivity contribution >= 4 is 13.8 Å². The summed E-state index contributed by atoms with van der Waals surface area (Å²) in [7, 11) is -0.376. The van der Waals surface area contributed by atoms with Crippen LogP contribution in [0.15, 0.2) is 16.7 Å². The molecule has 1 aliphatic heterocycles. The molecule has 1 aromatic rings. The lowest BCUT2D eigenvalue weighted by Gasteiger charge is -2.35. The van der Waals surface area contributed by atoms with Gasteiger partial charge in [-0.2, -0.15) is 0 Å². The van der Waals surface area contributed by atoms with Crippen molar-refractivity contribution in [3.63, 3.8) is 0 Å². The van der Waals surface area contributed by atoms with Crippen molar-refractivity contribution in [3.05, 3.63) is 18.1 Å². The Morgan fingerprint density at radius 3 is 2.64 bits per heavy atom. The van der Waals surface area contributed by atoms with Gasteiger partial charge in [0.1, 0.15) is 11.4 Å². The maximum absolute atomic E-state index is 12.0. The molecular weight excluding hydrogens is 287 g/mol. The van der Waals surface area contributed by atoms with E-state index in [0.717, 1.165) is 13.1 Å². The first-order valence-electron chi connectivity index (χ1n) is 7.39. The van der Waals surface area contributed by atoms with Gasteiger partial charge in [-0.1, -0.05) is 0 Å². The Kier molecular flexibility index (Phi) is 5.36. The molecule has 1 amide bonds. The van der Waals surface area contributed by atoms with Crippen LogP contribution in [0.1, 0.15) is 26.5 Å². The summed E-state index contributed by atoms with van der Waals surface area (Å²) in [6, 6.07) is 1.68. The molecule has 1 aromatic heterocycles. The number of ether oxygens (including phenoxy) is 1. The summed E-state index contributed by atoms with van der Waals surface area (Å²) < 4.78 is 15.8. The van der Waals surface area contributed by atoms with E-state index in [9.17, 15) is 4.79 Å². The maximum Gasteiger partial charge on any atom is 0.504 e. The Morgan fingerprint density at radius 2 is 2.05 bits per heavy atom. The normalized spacial score (nSPS) is 16.5. The Balaban J connectivity index is 1.82. The summed E-state index contributed by atoms with van der Waals surface area (Å²) in [6.07, 6.45) is 1.27. The molecular formula is C14H23BN2O5. The summed E-state index contributed by atoms with van der Waals surface area (Å²) in [4.78, 5) is 15.9. The van der Waals surface area contributed by atoms with Crippen molar-refractivity contribution in [1.29, 1.82) is 0 Å². The third-order valence-corrected chi connectivity index (χ3v) is 3.32. The molecule has 0 saturated carbocycles. The Hall–Kier alpha value is -1.67. The second-order valence-corrected chi connectivity index (χ2v) is 6.23. The van der Waals surface area contributed by atoms with Crippen molar-refractivity contribution in [2.24, 2.45) is 0 Å². The molecule has 2 rings (SSSR count). The third kappa shape index (κ3) is 4.67. The second kappa shape index (κ2) is 7.06. The first-order chi connectivity index (χ1) is 10.4. The standard InChI is InChI=1S/C14H23BN2O5/c1-14(2,3)21-13(18)17-7-5-16(6-8-17)10-12-11(22-15-19)4-9-20-12/h4,9,15,19H,5-8,10H2,1-3H3. The largest absolute Gasteiger partial charge is 0.536 e. The predicted molar refractivity (Wildman–Crippen MR) is 81.8 cm³/mol. The zero-order valence-corrected chi connectivity index (χ0v) is 13.4. The zero-order chi connectivity index (χ0) is 16.2. The van der Waals surface area contributed by atoms with E-state index in [-0.39, 0.29) is 13.8 Å². The van der Waals surface area contributed by atoms with E-state index in [1.165, 1.54) is 6.26 Å². The van der Waals surface area contributed by atoms with Crippen molar-refractivity contribution in [2.45, 2.75) is 32.9 Å². The van der Waals surface area contributed by atoms with Crippen molar-refractivity contribution in [1.82, 2.24) is 9.80 Å². The molecule has 0 atom stereocenters. The summed E-state index contributed by atoms with van der Waals surface area (Å²) >= 11 is 0. The highest BCUT2D eigenvalue weighted by atomic mass is 16.6. The van der Waals surface area contributed by atoms with Gasteiger partial charge in [-0.15, -0.1) is 0 Å². The van der Waals surface area contributed by atoms with Gasteiger partial charge in [-0.05, 0) is 20.8 Å². The summed E-state index contributed by atoms with van der Waals surface area (Å²) in [6.45, 7) is 8.88. The highest BCUT2D eigenvalue weighted by Crippen LogP contribution is 2.22. The zero-order valence-electron chi connectivity index (χ0n) is 13.4. The molecule has 7 nitrogen and oxygen atoms in total. The first kappa shape index (κ1) is 16.7. The van der Waals surface area contributed by atoms with Gasteiger partial charge in [0.25, 0.3) is 0 Å². The second-order valence-electron chi connectivity index (χ2n) is 6.23. The molecule has 22 heavy (non-hydrogen) atoms. The molecule has 122 valence electrons. The van der Waals surface area contributed by atoms with Crippen molar-refractivity contribution in [2.75, 3.05) is 26.2 Å². The van der Waals surface area contributed by atoms with Gasteiger partial charge in [0, 0.05) is 32.2 Å². The number of piperazine rings is 1. The smallest absolute Gasteiger partial charge is 0.504 e. The topological polar surface area (TPSA) is 75.4 Å². The van der Waals surface area contributed by atoms with Crippen LogP contribution in [0.5, 0.6) is 5.75 Å². The monoisotopic (exact) mass is 310 g/mol. The lowest BCUT2D eigenvalue weighted by atomic mass is 10.2. The maximum atomic E-state index is 12.0. The highest BCUT2D eigenvalue weighted by molar-refractivity contribution is 6.17. The Labute approximate surface area is 131 Å². The summed E-state index contributed by atoms with van der Waals surface area (Å²) in [5.41, 5.74) is -0.473. The fourth-order valence-electron chi connectivity index (χ4n) is 2.26. The van der Waals surface area contributed by atoms with Crippen LogP contribution in [-0.2, 0) is 11.3 Å². The molecule has 0 aromatic carbocycles. The molecule has 0 unspecified atom stereocenters. The number of furan rings is 1. The summed E-state index contributed by atoms with van der Waals surface area (Å²) in [5, 5.41) is 8.82. The van der Waals surface area contributed by atoms with Crippen LogP contribution in [0.25, 0.3) is 0 Å². The fraction of sp³-hybridized carbons (Fsp3) is 0.643. The van der Waals surface area contributed by atoms with Gasteiger partial charge < -0.3 is 23.7 Å². The van der Waals surface area contributed by atoms with Crippen molar-refractivity contribution < 1.29 is 23.6 Å². The van der Waals surface area contributed by atoms with E-state index in [0.29, 0.717) is 31.1 Å². The molecule has 0 spiro atoms.